The van der Waals surface area contributed by atoms with E-state index in [0.717, 1.165) is 25.0 Å². The van der Waals surface area contributed by atoms with Crippen molar-refractivity contribution in [3.8, 4) is 0 Å². The Hall–Kier alpha value is -0.670. The van der Waals surface area contributed by atoms with E-state index in [2.05, 4.69) is 49.5 Å². The van der Waals surface area contributed by atoms with E-state index in [1.807, 2.05) is 0 Å². The highest BCUT2D eigenvalue weighted by Gasteiger charge is 2.11. The third-order valence-electron chi connectivity index (χ3n) is 3.18. The first-order chi connectivity index (χ1) is 8.61. The highest BCUT2D eigenvalue weighted by Crippen LogP contribution is 2.07. The van der Waals surface area contributed by atoms with Crippen LogP contribution in [0.3, 0.4) is 0 Å². The Morgan fingerprint density at radius 1 is 1.28 bits per heavy atom. The number of rotatable bonds is 8. The van der Waals surface area contributed by atoms with Crippen molar-refractivity contribution in [2.24, 2.45) is 0 Å². The first-order valence-electron chi connectivity index (χ1n) is 6.71. The van der Waals surface area contributed by atoms with Gasteiger partial charge in [0.25, 0.3) is 0 Å². The zero-order valence-electron chi connectivity index (χ0n) is 11.7. The molecule has 0 saturated heterocycles. The maximum absolute atomic E-state index is 11.1. The Balaban J connectivity index is 2.39. The Morgan fingerprint density at radius 2 is 1.94 bits per heavy atom. The van der Waals surface area contributed by atoms with E-state index in [9.17, 15) is 4.21 Å². The largest absolute Gasteiger partial charge is 0.311 e. The Labute approximate surface area is 114 Å². The van der Waals surface area contributed by atoms with Crippen LogP contribution in [0.15, 0.2) is 30.3 Å². The lowest BCUT2D eigenvalue weighted by molar-refractivity contribution is 0.424. The van der Waals surface area contributed by atoms with Crippen LogP contribution in [-0.4, -0.2) is 28.3 Å². The van der Waals surface area contributed by atoms with Gasteiger partial charge in [-0.25, -0.2) is 0 Å². The summed E-state index contributed by atoms with van der Waals surface area (Å²) in [5.74, 6) is 0.788. The molecule has 1 rings (SSSR count). The number of benzene rings is 1. The second-order valence-corrected chi connectivity index (χ2v) is 6.48. The van der Waals surface area contributed by atoms with E-state index in [1.165, 1.54) is 5.56 Å². The quantitative estimate of drug-likeness (QED) is 0.784. The summed E-state index contributed by atoms with van der Waals surface area (Å²) in [7, 11) is -0.681. The van der Waals surface area contributed by atoms with Gasteiger partial charge in [0.15, 0.2) is 0 Å². The van der Waals surface area contributed by atoms with Gasteiger partial charge in [-0.3, -0.25) is 4.21 Å². The number of hydrogen-bond donors (Lipinski definition) is 1. The molecular weight excluding hydrogens is 242 g/mol. The minimum atomic E-state index is -0.681. The van der Waals surface area contributed by atoms with Crippen LogP contribution in [0.2, 0.25) is 0 Å². The lowest BCUT2D eigenvalue weighted by Gasteiger charge is -2.22. The topological polar surface area (TPSA) is 29.1 Å². The van der Waals surface area contributed by atoms with Crippen LogP contribution >= 0.6 is 0 Å². The van der Waals surface area contributed by atoms with Gasteiger partial charge < -0.3 is 5.32 Å². The van der Waals surface area contributed by atoms with Crippen LogP contribution in [0.4, 0.5) is 0 Å². The fraction of sp³-hybridized carbons (Fsp3) is 0.600. The van der Waals surface area contributed by atoms with Crippen LogP contribution < -0.4 is 5.32 Å². The van der Waals surface area contributed by atoms with Crippen LogP contribution in [0.25, 0.3) is 0 Å². The molecule has 102 valence electrons. The van der Waals surface area contributed by atoms with Crippen LogP contribution in [0.5, 0.6) is 0 Å². The highest BCUT2D eigenvalue weighted by molar-refractivity contribution is 7.84. The maximum Gasteiger partial charge on any atom is 0.0246 e. The summed E-state index contributed by atoms with van der Waals surface area (Å²) in [5, 5.41) is 3.64. The molecule has 1 N–H and O–H groups in total. The van der Waals surface area contributed by atoms with Crippen molar-refractivity contribution in [2.45, 2.75) is 45.2 Å². The van der Waals surface area contributed by atoms with Crippen molar-refractivity contribution < 1.29 is 4.21 Å². The molecule has 2 nitrogen and oxygen atoms in total. The van der Waals surface area contributed by atoms with Crippen molar-refractivity contribution in [2.75, 3.05) is 12.0 Å². The fourth-order valence-electron chi connectivity index (χ4n) is 2.05. The van der Waals surface area contributed by atoms with Gasteiger partial charge in [-0.2, -0.15) is 0 Å². The molecule has 1 aromatic rings. The standard InChI is InChI=1S/C15H25NOS/c1-4-15(12-14-8-6-5-7-9-14)16-13(2)10-11-18(3)17/h5-9,13,15-16H,4,10-12H2,1-3H3. The predicted molar refractivity (Wildman–Crippen MR) is 80.4 cm³/mol. The van der Waals surface area contributed by atoms with Crippen LogP contribution in [-0.2, 0) is 17.2 Å². The summed E-state index contributed by atoms with van der Waals surface area (Å²) in [6.45, 7) is 4.39. The molecule has 0 radical (unpaired) electrons. The first kappa shape index (κ1) is 15.4. The molecule has 0 aliphatic rings. The molecule has 18 heavy (non-hydrogen) atoms. The second kappa shape index (κ2) is 8.44. The molecule has 3 atom stereocenters. The SMILES string of the molecule is CCC(Cc1ccccc1)NC(C)CCS(C)=O. The lowest BCUT2D eigenvalue weighted by Crippen LogP contribution is -2.38. The highest BCUT2D eigenvalue weighted by atomic mass is 32.2. The Bertz CT molecular complexity index is 353. The van der Waals surface area contributed by atoms with Gasteiger partial charge in [0, 0.05) is 34.9 Å². The number of hydrogen-bond acceptors (Lipinski definition) is 2. The summed E-state index contributed by atoms with van der Waals surface area (Å²) in [6, 6.07) is 11.5. The molecule has 0 aliphatic carbocycles. The molecule has 0 aliphatic heterocycles. The molecule has 1 aromatic carbocycles. The van der Waals surface area contributed by atoms with Crippen molar-refractivity contribution in [3.63, 3.8) is 0 Å². The van der Waals surface area contributed by atoms with Gasteiger partial charge in [-0.15, -0.1) is 0 Å². The normalized spacial score (nSPS) is 16.2. The Kier molecular flexibility index (Phi) is 7.21. The summed E-state index contributed by atoms with van der Waals surface area (Å²) in [6.07, 6.45) is 4.94. The minimum absolute atomic E-state index is 0.433. The van der Waals surface area contributed by atoms with Crippen LogP contribution in [0.1, 0.15) is 32.3 Å². The zero-order chi connectivity index (χ0) is 13.4. The molecular formula is C15H25NOS. The van der Waals surface area contributed by atoms with Gasteiger partial charge in [-0.1, -0.05) is 37.3 Å². The average Bonchev–Trinajstić information content (AvgIpc) is 2.37. The summed E-state index contributed by atoms with van der Waals surface area (Å²) in [5.41, 5.74) is 1.38. The van der Waals surface area contributed by atoms with Gasteiger partial charge >= 0.3 is 0 Å². The van der Waals surface area contributed by atoms with Crippen molar-refractivity contribution in [3.05, 3.63) is 35.9 Å². The molecule has 0 amide bonds. The molecule has 0 heterocycles. The summed E-state index contributed by atoms with van der Waals surface area (Å²) >= 11 is 0. The van der Waals surface area contributed by atoms with E-state index in [-0.39, 0.29) is 0 Å². The summed E-state index contributed by atoms with van der Waals surface area (Å²) in [4.78, 5) is 0. The maximum atomic E-state index is 11.1. The molecule has 0 saturated carbocycles. The minimum Gasteiger partial charge on any atom is -0.311 e. The molecule has 0 fully saturated rings. The summed E-state index contributed by atoms with van der Waals surface area (Å²) < 4.78 is 11.1. The van der Waals surface area contributed by atoms with Crippen molar-refractivity contribution >= 4 is 10.8 Å². The van der Waals surface area contributed by atoms with E-state index in [4.69, 9.17) is 0 Å². The predicted octanol–water partition coefficient (Wildman–Crippen LogP) is 2.75. The molecule has 0 spiro atoms. The smallest absolute Gasteiger partial charge is 0.0246 e. The third-order valence-corrected chi connectivity index (χ3v) is 3.99. The molecule has 0 aromatic heterocycles. The van der Waals surface area contributed by atoms with Crippen molar-refractivity contribution in [1.29, 1.82) is 0 Å². The Morgan fingerprint density at radius 3 is 2.50 bits per heavy atom. The molecule has 3 unspecified atom stereocenters. The van der Waals surface area contributed by atoms with Crippen LogP contribution in [0, 0.1) is 0 Å². The van der Waals surface area contributed by atoms with E-state index in [0.29, 0.717) is 12.1 Å². The van der Waals surface area contributed by atoms with Crippen molar-refractivity contribution in [1.82, 2.24) is 5.32 Å². The average molecular weight is 267 g/mol. The van der Waals surface area contributed by atoms with Gasteiger partial charge in [0.2, 0.25) is 0 Å². The van der Waals surface area contributed by atoms with E-state index >= 15 is 0 Å². The number of nitrogens with one attached hydrogen (secondary N) is 1. The zero-order valence-corrected chi connectivity index (χ0v) is 12.5. The fourth-order valence-corrected chi connectivity index (χ4v) is 2.73. The molecule has 0 bridgehead atoms. The first-order valence-corrected chi connectivity index (χ1v) is 8.44. The van der Waals surface area contributed by atoms with E-state index < -0.39 is 10.8 Å². The molecule has 3 heteroatoms. The van der Waals surface area contributed by atoms with Gasteiger partial charge in [0.1, 0.15) is 0 Å². The monoisotopic (exact) mass is 267 g/mol. The van der Waals surface area contributed by atoms with E-state index in [1.54, 1.807) is 6.26 Å². The van der Waals surface area contributed by atoms with Gasteiger partial charge in [-0.05, 0) is 31.7 Å². The second-order valence-electron chi connectivity index (χ2n) is 4.93. The lowest BCUT2D eigenvalue weighted by atomic mass is 10.0. The third kappa shape index (κ3) is 6.31. The van der Waals surface area contributed by atoms with Gasteiger partial charge in [0.05, 0.1) is 0 Å².